The molecule has 0 spiro atoms. The highest BCUT2D eigenvalue weighted by Crippen LogP contribution is 2.46. The summed E-state index contributed by atoms with van der Waals surface area (Å²) in [6.45, 7) is 4.56. The Hall–Kier alpha value is -2.86. The quantitative estimate of drug-likeness (QED) is 0.565. The fourth-order valence-corrected chi connectivity index (χ4v) is 4.52. The topological polar surface area (TPSA) is 78.6 Å². The zero-order valence-electron chi connectivity index (χ0n) is 15.9. The van der Waals surface area contributed by atoms with Crippen molar-refractivity contribution in [3.8, 4) is 11.3 Å². The Morgan fingerprint density at radius 2 is 2.14 bits per heavy atom. The molecule has 2 N–H and O–H groups in total. The zero-order chi connectivity index (χ0) is 19.3. The number of fused-ring (bicyclic) bond motifs is 2. The highest BCUT2D eigenvalue weighted by Gasteiger charge is 2.34. The number of nitrogens with zero attached hydrogens (tertiary/aromatic N) is 2. The van der Waals surface area contributed by atoms with Crippen molar-refractivity contribution in [3.05, 3.63) is 41.5 Å². The summed E-state index contributed by atoms with van der Waals surface area (Å²) < 4.78 is 5.78. The van der Waals surface area contributed by atoms with E-state index in [1.165, 1.54) is 6.42 Å². The molecular weight excluding hydrogens is 354 g/mol. The lowest BCUT2D eigenvalue weighted by atomic mass is 9.86. The van der Waals surface area contributed by atoms with Gasteiger partial charge < -0.3 is 19.8 Å². The molecule has 5 rings (SSSR count). The van der Waals surface area contributed by atoms with Gasteiger partial charge in [0.25, 0.3) is 0 Å². The van der Waals surface area contributed by atoms with Crippen molar-refractivity contribution in [1.29, 1.82) is 0 Å². The highest BCUT2D eigenvalue weighted by molar-refractivity contribution is 6.28. The lowest BCUT2D eigenvalue weighted by Gasteiger charge is -2.33. The number of piperidine rings is 1. The van der Waals surface area contributed by atoms with E-state index in [-0.39, 0.29) is 12.4 Å². The second-order valence-electron chi connectivity index (χ2n) is 7.77. The Balaban J connectivity index is 1.77. The molecule has 6 heteroatoms. The van der Waals surface area contributed by atoms with E-state index in [1.54, 1.807) is 0 Å². The molecule has 0 saturated carbocycles. The molecule has 2 aliphatic rings. The number of aliphatic hydroxyl groups is 1. The predicted octanol–water partition coefficient (Wildman–Crippen LogP) is 3.68. The Bertz CT molecular complexity index is 1070. The summed E-state index contributed by atoms with van der Waals surface area (Å²) in [5.74, 6) is 1.23. The zero-order valence-corrected chi connectivity index (χ0v) is 15.9. The molecular formula is C22H23N3O3. The average molecular weight is 377 g/mol. The summed E-state index contributed by atoms with van der Waals surface area (Å²) in [4.78, 5) is 15.7. The second kappa shape index (κ2) is 6.63. The number of aliphatic hydroxyl groups excluding tert-OH is 1. The number of nitrogens with one attached hydrogen (secondary N) is 1. The first kappa shape index (κ1) is 17.3. The largest absolute Gasteiger partial charge is 0.395 e. The lowest BCUT2D eigenvalue weighted by molar-refractivity contribution is 0.104. The maximum atomic E-state index is 13.3. The number of hydrogen-bond donors (Lipinski definition) is 2. The van der Waals surface area contributed by atoms with Crippen LogP contribution >= 0.6 is 0 Å². The van der Waals surface area contributed by atoms with Crippen LogP contribution in [0.2, 0.25) is 0 Å². The van der Waals surface area contributed by atoms with E-state index in [2.05, 4.69) is 22.3 Å². The van der Waals surface area contributed by atoms with Crippen LogP contribution in [0.4, 0.5) is 11.4 Å². The van der Waals surface area contributed by atoms with Gasteiger partial charge in [0, 0.05) is 36.4 Å². The van der Waals surface area contributed by atoms with Crippen molar-refractivity contribution in [2.45, 2.75) is 19.8 Å². The Morgan fingerprint density at radius 3 is 2.93 bits per heavy atom. The van der Waals surface area contributed by atoms with Gasteiger partial charge in [-0.15, -0.1) is 0 Å². The van der Waals surface area contributed by atoms with E-state index in [0.717, 1.165) is 47.4 Å². The first-order chi connectivity index (χ1) is 13.7. The van der Waals surface area contributed by atoms with Gasteiger partial charge >= 0.3 is 0 Å². The molecule has 0 radical (unpaired) electrons. The van der Waals surface area contributed by atoms with Gasteiger partial charge in [-0.05, 0) is 24.8 Å². The number of hydrogen-bond acceptors (Lipinski definition) is 6. The Labute approximate surface area is 163 Å². The van der Waals surface area contributed by atoms with E-state index in [4.69, 9.17) is 4.52 Å². The van der Waals surface area contributed by atoms with Crippen molar-refractivity contribution in [2.24, 2.45) is 5.92 Å². The molecule has 28 heavy (non-hydrogen) atoms. The number of ketones is 1. The molecule has 2 aromatic carbocycles. The fourth-order valence-electron chi connectivity index (χ4n) is 4.52. The van der Waals surface area contributed by atoms with Crippen molar-refractivity contribution in [2.75, 3.05) is 36.5 Å². The predicted molar refractivity (Wildman–Crippen MR) is 109 cm³/mol. The lowest BCUT2D eigenvalue weighted by Crippen LogP contribution is -2.34. The molecule has 1 aliphatic carbocycles. The van der Waals surface area contributed by atoms with Crippen molar-refractivity contribution in [3.63, 3.8) is 0 Å². The highest BCUT2D eigenvalue weighted by atomic mass is 16.5. The molecule has 144 valence electrons. The van der Waals surface area contributed by atoms with E-state index >= 15 is 0 Å². The van der Waals surface area contributed by atoms with Crippen LogP contribution in [-0.2, 0) is 0 Å². The van der Waals surface area contributed by atoms with Crippen LogP contribution in [0.1, 0.15) is 35.7 Å². The van der Waals surface area contributed by atoms with Crippen LogP contribution < -0.4 is 10.2 Å². The molecule has 6 nitrogen and oxygen atoms in total. The van der Waals surface area contributed by atoms with Gasteiger partial charge in [-0.1, -0.05) is 36.3 Å². The molecule has 2 heterocycles. The molecule has 1 saturated heterocycles. The van der Waals surface area contributed by atoms with Crippen molar-refractivity contribution >= 4 is 28.1 Å². The summed E-state index contributed by atoms with van der Waals surface area (Å²) in [6, 6.07) is 9.51. The average Bonchev–Trinajstić information content (AvgIpc) is 3.15. The van der Waals surface area contributed by atoms with Gasteiger partial charge in [0.2, 0.25) is 0 Å². The van der Waals surface area contributed by atoms with E-state index in [0.29, 0.717) is 29.3 Å². The first-order valence-electron chi connectivity index (χ1n) is 9.89. The van der Waals surface area contributed by atoms with Gasteiger partial charge in [0.15, 0.2) is 11.5 Å². The van der Waals surface area contributed by atoms with E-state index in [9.17, 15) is 9.90 Å². The number of carbonyl (C=O) groups excluding carboxylic acids is 1. The van der Waals surface area contributed by atoms with Crippen LogP contribution in [0.15, 0.2) is 34.9 Å². The maximum absolute atomic E-state index is 13.3. The van der Waals surface area contributed by atoms with Crippen molar-refractivity contribution < 1.29 is 14.4 Å². The van der Waals surface area contributed by atoms with Crippen LogP contribution in [0.25, 0.3) is 22.2 Å². The smallest absolute Gasteiger partial charge is 0.196 e. The van der Waals surface area contributed by atoms with Gasteiger partial charge in [-0.2, -0.15) is 0 Å². The summed E-state index contributed by atoms with van der Waals surface area (Å²) in [7, 11) is 0. The maximum Gasteiger partial charge on any atom is 0.196 e. The number of aromatic nitrogens is 1. The molecule has 1 aromatic heterocycles. The van der Waals surface area contributed by atoms with Crippen LogP contribution in [0.3, 0.4) is 0 Å². The van der Waals surface area contributed by atoms with Crippen LogP contribution in [-0.4, -0.2) is 42.3 Å². The number of anilines is 2. The minimum absolute atomic E-state index is 0.00513. The molecule has 1 atom stereocenters. The minimum Gasteiger partial charge on any atom is -0.395 e. The number of benzene rings is 2. The molecule has 1 aliphatic heterocycles. The summed E-state index contributed by atoms with van der Waals surface area (Å²) >= 11 is 0. The molecule has 0 bridgehead atoms. The SMILES string of the molecule is CC1CCCN(c2cc(NCCO)c3c4c(onc24)-c2ccccc2C3=O)C1. The third-order valence-corrected chi connectivity index (χ3v) is 5.80. The molecule has 1 fully saturated rings. The van der Waals surface area contributed by atoms with Gasteiger partial charge in [-0.3, -0.25) is 4.79 Å². The summed E-state index contributed by atoms with van der Waals surface area (Å²) in [5.41, 5.74) is 4.48. The molecule has 1 unspecified atom stereocenters. The molecule has 0 amide bonds. The van der Waals surface area contributed by atoms with E-state index < -0.39 is 0 Å². The standard InChI is InChI=1S/C22H23N3O3/c1-13-5-4-9-25(12-13)17-11-16(23-8-10-26)18-19-20(17)24-28-22(19)15-7-3-2-6-14(15)21(18)27/h2-3,6-7,11,13,23,26H,4-5,8-10,12H2,1H3. The van der Waals surface area contributed by atoms with Crippen LogP contribution in [0, 0.1) is 5.92 Å². The van der Waals surface area contributed by atoms with Crippen LogP contribution in [0.5, 0.6) is 0 Å². The van der Waals surface area contributed by atoms with Crippen molar-refractivity contribution in [1.82, 2.24) is 5.16 Å². The van der Waals surface area contributed by atoms with Gasteiger partial charge in [0.05, 0.1) is 23.2 Å². The van der Waals surface area contributed by atoms with Gasteiger partial charge in [0.1, 0.15) is 5.52 Å². The van der Waals surface area contributed by atoms with Gasteiger partial charge in [-0.25, -0.2) is 0 Å². The fraction of sp³-hybridized carbons (Fsp3) is 0.364. The Morgan fingerprint density at radius 1 is 1.32 bits per heavy atom. The third-order valence-electron chi connectivity index (χ3n) is 5.80. The second-order valence-corrected chi connectivity index (χ2v) is 7.77. The van der Waals surface area contributed by atoms with E-state index in [1.807, 2.05) is 30.3 Å². The monoisotopic (exact) mass is 377 g/mol. The number of rotatable bonds is 4. The summed E-state index contributed by atoms with van der Waals surface area (Å²) in [5, 5.41) is 17.7. The summed E-state index contributed by atoms with van der Waals surface area (Å²) in [6.07, 6.45) is 2.36. The number of carbonyl (C=O) groups is 1. The third kappa shape index (κ3) is 2.52. The molecule has 3 aromatic rings. The Kier molecular flexibility index (Phi) is 4.09. The first-order valence-corrected chi connectivity index (χ1v) is 9.89. The normalized spacial score (nSPS) is 18.4. The minimum atomic E-state index is -0.0321.